The molecule has 2 aromatic carbocycles. The highest BCUT2D eigenvalue weighted by Crippen LogP contribution is 2.61. The summed E-state index contributed by atoms with van der Waals surface area (Å²) < 4.78 is 16.9. The van der Waals surface area contributed by atoms with Crippen LogP contribution in [0.4, 0.5) is 0 Å². The first kappa shape index (κ1) is 12.4. The Balaban J connectivity index is 1.86. The molecule has 0 saturated carbocycles. The predicted octanol–water partition coefficient (Wildman–Crippen LogP) is 2.91. The fraction of sp³-hybridized carbons (Fsp3) is 0.235. The smallest absolute Gasteiger partial charge is 0.250 e. The van der Waals surface area contributed by atoms with Crippen molar-refractivity contribution in [2.24, 2.45) is 0 Å². The lowest BCUT2D eigenvalue weighted by Gasteiger charge is -2.25. The first-order valence-electron chi connectivity index (χ1n) is 6.78. The lowest BCUT2D eigenvalue weighted by molar-refractivity contribution is 0.0737. The number of fused-ring (bicyclic) bond motifs is 2. The number of carbonyl (C=O) groups excluding carboxylic acids is 1. The van der Waals surface area contributed by atoms with E-state index in [0.29, 0.717) is 17.1 Å². The Hall–Kier alpha value is -2.33. The molecule has 2 heterocycles. The van der Waals surface area contributed by atoms with Gasteiger partial charge in [0.05, 0.1) is 12.7 Å². The molecule has 21 heavy (non-hydrogen) atoms. The van der Waals surface area contributed by atoms with Crippen LogP contribution in [0.5, 0.6) is 11.5 Å². The number of carbonyl (C=O) groups is 1. The predicted molar refractivity (Wildman–Crippen MR) is 75.6 cm³/mol. The summed E-state index contributed by atoms with van der Waals surface area (Å²) >= 11 is 0. The minimum Gasteiger partial charge on any atom is -0.497 e. The molecule has 2 aliphatic rings. The summed E-state index contributed by atoms with van der Waals surface area (Å²) in [5, 5.41) is 0. The lowest BCUT2D eigenvalue weighted by atomic mass is 9.84. The van der Waals surface area contributed by atoms with Gasteiger partial charge < -0.3 is 14.2 Å². The van der Waals surface area contributed by atoms with Gasteiger partial charge in [-0.1, -0.05) is 30.3 Å². The molecule has 4 rings (SSSR count). The van der Waals surface area contributed by atoms with E-state index in [1.807, 2.05) is 30.3 Å². The van der Waals surface area contributed by atoms with Gasteiger partial charge in [-0.2, -0.15) is 0 Å². The Morgan fingerprint density at radius 2 is 1.86 bits per heavy atom. The van der Waals surface area contributed by atoms with Crippen LogP contribution < -0.4 is 9.47 Å². The maximum Gasteiger partial charge on any atom is 0.250 e. The van der Waals surface area contributed by atoms with Gasteiger partial charge in [0.25, 0.3) is 5.79 Å². The van der Waals surface area contributed by atoms with Crippen LogP contribution in [0.2, 0.25) is 0 Å². The second kappa shape index (κ2) is 3.86. The molecule has 0 amide bonds. The Kier molecular flexibility index (Phi) is 2.28. The summed E-state index contributed by atoms with van der Waals surface area (Å²) in [6.45, 7) is 1.79. The zero-order valence-electron chi connectivity index (χ0n) is 11.8. The molecule has 1 fully saturated rings. The molecule has 0 aliphatic carbocycles. The van der Waals surface area contributed by atoms with Crippen molar-refractivity contribution in [2.45, 2.75) is 18.3 Å². The molecule has 106 valence electrons. The van der Waals surface area contributed by atoms with Crippen molar-refractivity contribution in [2.75, 3.05) is 7.11 Å². The Bertz CT molecular complexity index is 740. The fourth-order valence-corrected chi connectivity index (χ4v) is 3.04. The van der Waals surface area contributed by atoms with Crippen molar-refractivity contribution in [1.82, 2.24) is 0 Å². The molecule has 2 atom stereocenters. The summed E-state index contributed by atoms with van der Waals surface area (Å²) in [7, 11) is 1.58. The standard InChI is InChI=1S/C17H14O4/c1-16-17(21-16,11-6-4-3-5-7-11)15(18)13-9-8-12(19-2)10-14(13)20-16/h3-10H,1-2H3/t16-,17+/m1/s1. The van der Waals surface area contributed by atoms with Crippen LogP contribution in [-0.4, -0.2) is 18.7 Å². The van der Waals surface area contributed by atoms with Gasteiger partial charge in [-0.05, 0) is 17.7 Å². The Morgan fingerprint density at radius 3 is 2.57 bits per heavy atom. The summed E-state index contributed by atoms with van der Waals surface area (Å²) in [6.07, 6.45) is 0. The third kappa shape index (κ3) is 1.45. The van der Waals surface area contributed by atoms with Gasteiger partial charge in [-0.15, -0.1) is 0 Å². The van der Waals surface area contributed by atoms with Crippen LogP contribution >= 0.6 is 0 Å². The van der Waals surface area contributed by atoms with E-state index in [2.05, 4.69) is 0 Å². The zero-order chi connectivity index (χ0) is 14.7. The maximum atomic E-state index is 12.9. The fourth-order valence-electron chi connectivity index (χ4n) is 3.04. The molecule has 0 bridgehead atoms. The quantitative estimate of drug-likeness (QED) is 0.795. The van der Waals surface area contributed by atoms with Crippen molar-refractivity contribution >= 4 is 5.78 Å². The van der Waals surface area contributed by atoms with E-state index in [1.54, 1.807) is 32.2 Å². The van der Waals surface area contributed by atoms with Crippen molar-refractivity contribution in [3.8, 4) is 11.5 Å². The number of benzene rings is 2. The van der Waals surface area contributed by atoms with Crippen LogP contribution in [0.3, 0.4) is 0 Å². The summed E-state index contributed by atoms with van der Waals surface area (Å²) in [5.41, 5.74) is 0.309. The molecular weight excluding hydrogens is 268 g/mol. The first-order valence-corrected chi connectivity index (χ1v) is 6.78. The lowest BCUT2D eigenvalue weighted by Crippen LogP contribution is -2.38. The van der Waals surface area contributed by atoms with Gasteiger partial charge in [0.2, 0.25) is 11.4 Å². The van der Waals surface area contributed by atoms with Crippen molar-refractivity contribution < 1.29 is 19.0 Å². The van der Waals surface area contributed by atoms with E-state index >= 15 is 0 Å². The Labute approximate surface area is 122 Å². The normalized spacial score (nSPS) is 29.1. The summed E-state index contributed by atoms with van der Waals surface area (Å²) in [4.78, 5) is 12.9. The third-order valence-corrected chi connectivity index (χ3v) is 4.18. The number of ether oxygens (including phenoxy) is 3. The summed E-state index contributed by atoms with van der Waals surface area (Å²) in [6, 6.07) is 14.7. The monoisotopic (exact) mass is 282 g/mol. The van der Waals surface area contributed by atoms with Crippen LogP contribution in [0.1, 0.15) is 22.8 Å². The number of Topliss-reactive ketones (excluding diaryl/α,β-unsaturated/α-hetero) is 1. The molecule has 4 heteroatoms. The molecule has 0 N–H and O–H groups in total. The second-order valence-corrected chi connectivity index (χ2v) is 5.39. The number of rotatable bonds is 2. The van der Waals surface area contributed by atoms with Crippen molar-refractivity contribution in [3.63, 3.8) is 0 Å². The highest BCUT2D eigenvalue weighted by Gasteiger charge is 2.78. The molecule has 0 unspecified atom stereocenters. The zero-order valence-corrected chi connectivity index (χ0v) is 11.8. The highest BCUT2D eigenvalue weighted by atomic mass is 16.8. The molecule has 0 aromatic heterocycles. The third-order valence-electron chi connectivity index (χ3n) is 4.18. The number of methoxy groups -OCH3 is 1. The molecule has 4 nitrogen and oxygen atoms in total. The minimum absolute atomic E-state index is 0.0693. The van der Waals surface area contributed by atoms with Crippen molar-refractivity contribution in [3.05, 3.63) is 59.7 Å². The van der Waals surface area contributed by atoms with Gasteiger partial charge in [0.15, 0.2) is 0 Å². The van der Waals surface area contributed by atoms with Gasteiger partial charge >= 0.3 is 0 Å². The number of hydrogen-bond acceptors (Lipinski definition) is 4. The van der Waals surface area contributed by atoms with Crippen LogP contribution in [0, 0.1) is 0 Å². The second-order valence-electron chi connectivity index (χ2n) is 5.39. The highest BCUT2D eigenvalue weighted by molar-refractivity contribution is 6.09. The average molecular weight is 282 g/mol. The molecule has 2 aliphatic heterocycles. The van der Waals surface area contributed by atoms with Gasteiger partial charge in [0, 0.05) is 13.0 Å². The van der Waals surface area contributed by atoms with E-state index in [0.717, 1.165) is 5.56 Å². The van der Waals surface area contributed by atoms with E-state index in [-0.39, 0.29) is 5.78 Å². The van der Waals surface area contributed by atoms with Crippen LogP contribution in [-0.2, 0) is 10.3 Å². The topological polar surface area (TPSA) is 48.1 Å². The Morgan fingerprint density at radius 1 is 1.10 bits per heavy atom. The first-order chi connectivity index (χ1) is 10.1. The maximum absolute atomic E-state index is 12.9. The number of hydrogen-bond donors (Lipinski definition) is 0. The molecule has 1 saturated heterocycles. The molecule has 2 aromatic rings. The van der Waals surface area contributed by atoms with Crippen LogP contribution in [0.15, 0.2) is 48.5 Å². The molecule has 0 radical (unpaired) electrons. The van der Waals surface area contributed by atoms with Crippen molar-refractivity contribution in [1.29, 1.82) is 0 Å². The SMILES string of the molecule is COc1ccc2c(c1)O[C@]1(C)O[C@@]1(c1ccccc1)C2=O. The molecule has 0 spiro atoms. The largest absolute Gasteiger partial charge is 0.497 e. The minimum atomic E-state index is -1.03. The van der Waals surface area contributed by atoms with E-state index < -0.39 is 11.4 Å². The van der Waals surface area contributed by atoms with Gasteiger partial charge in [-0.25, -0.2) is 0 Å². The molecular formula is C17H14O4. The van der Waals surface area contributed by atoms with E-state index in [9.17, 15) is 4.79 Å². The van der Waals surface area contributed by atoms with Crippen LogP contribution in [0.25, 0.3) is 0 Å². The summed E-state index contributed by atoms with van der Waals surface area (Å²) in [5.74, 6) is 0.133. The number of epoxide rings is 1. The number of ketones is 1. The van der Waals surface area contributed by atoms with E-state index in [4.69, 9.17) is 14.2 Å². The average Bonchev–Trinajstić information content (AvgIpc) is 3.15. The van der Waals surface area contributed by atoms with E-state index in [1.165, 1.54) is 0 Å². The van der Waals surface area contributed by atoms with Gasteiger partial charge in [0.1, 0.15) is 11.5 Å². The van der Waals surface area contributed by atoms with Gasteiger partial charge in [-0.3, -0.25) is 4.79 Å².